The van der Waals surface area contributed by atoms with Crippen LogP contribution < -0.4 is 9.80 Å². The maximum atomic E-state index is 14.2. The number of phenolic OH excluding ortho intramolecular Hbond substituents is 1. The van der Waals surface area contributed by atoms with Gasteiger partial charge < -0.3 is 14.7 Å². The molecule has 3 aliphatic heterocycles. The molecule has 1 N–H and O–H groups in total. The first-order chi connectivity index (χ1) is 20.5. The summed E-state index contributed by atoms with van der Waals surface area (Å²) < 4.78 is 5.44. The van der Waals surface area contributed by atoms with Gasteiger partial charge in [0.1, 0.15) is 5.75 Å². The minimum absolute atomic E-state index is 0.0592. The van der Waals surface area contributed by atoms with Crippen LogP contribution in [0.2, 0.25) is 0 Å². The number of imide groups is 2. The minimum Gasteiger partial charge on any atom is -0.508 e. The average Bonchev–Trinajstić information content (AvgIpc) is 3.34. The van der Waals surface area contributed by atoms with Crippen LogP contribution in [0.1, 0.15) is 29.9 Å². The van der Waals surface area contributed by atoms with Crippen molar-refractivity contribution in [3.05, 3.63) is 65.2 Å². The second-order valence-corrected chi connectivity index (χ2v) is 13.4. The van der Waals surface area contributed by atoms with Gasteiger partial charge in [0.05, 0.1) is 30.7 Å². The van der Waals surface area contributed by atoms with E-state index in [0.717, 1.165) is 29.2 Å². The van der Waals surface area contributed by atoms with Crippen LogP contribution in [0, 0.1) is 24.7 Å². The molecule has 2 aromatic rings. The summed E-state index contributed by atoms with van der Waals surface area (Å²) in [6.45, 7) is 4.55. The van der Waals surface area contributed by atoms with Gasteiger partial charge in [0.25, 0.3) is 11.8 Å². The lowest BCUT2D eigenvalue weighted by atomic mass is 9.56. The number of morpholine rings is 1. The van der Waals surface area contributed by atoms with E-state index < -0.39 is 45.2 Å². The molecule has 0 radical (unpaired) electrons. The lowest BCUT2D eigenvalue weighted by Crippen LogP contribution is -2.60. The van der Waals surface area contributed by atoms with Crippen LogP contribution in [0.25, 0.3) is 0 Å². The average molecular weight is 625 g/mol. The number of amides is 4. The first kappa shape index (κ1) is 28.4. The first-order valence-electron chi connectivity index (χ1n) is 14.5. The molecule has 4 fully saturated rings. The van der Waals surface area contributed by atoms with E-state index in [9.17, 15) is 24.3 Å². The smallest absolute Gasteiger partial charge is 0.253 e. The number of rotatable bonds is 3. The van der Waals surface area contributed by atoms with Gasteiger partial charge in [-0.05, 0) is 67.1 Å². The number of likely N-dealkylation sites (tertiary alicyclic amines) is 1. The number of carbonyl (C=O) groups is 4. The number of benzene rings is 2. The van der Waals surface area contributed by atoms with Gasteiger partial charge in [-0.2, -0.15) is 0 Å². The molecule has 2 aromatic carbocycles. The van der Waals surface area contributed by atoms with Crippen molar-refractivity contribution in [3.63, 3.8) is 0 Å². The Balaban J connectivity index is 1.29. The fraction of sp³-hybridized carbons (Fsp3) is 0.438. The zero-order valence-electron chi connectivity index (χ0n) is 23.8. The second-order valence-electron chi connectivity index (χ2n) is 12.2. The van der Waals surface area contributed by atoms with Crippen LogP contribution in [-0.4, -0.2) is 76.7 Å². The van der Waals surface area contributed by atoms with Crippen molar-refractivity contribution >= 4 is 58.2 Å². The third-order valence-electron chi connectivity index (χ3n) is 10.1. The van der Waals surface area contributed by atoms with E-state index in [0.29, 0.717) is 30.0 Å². The Bertz CT molecular complexity index is 1600. The fourth-order valence-corrected chi connectivity index (χ4v) is 8.88. The Morgan fingerprint density at radius 1 is 0.907 bits per heavy atom. The van der Waals surface area contributed by atoms with Crippen molar-refractivity contribution in [1.29, 1.82) is 0 Å². The molecule has 3 heterocycles. The first-order valence-corrected chi connectivity index (χ1v) is 15.2. The molecule has 3 saturated heterocycles. The summed E-state index contributed by atoms with van der Waals surface area (Å²) in [5.74, 6) is -4.64. The zero-order chi connectivity index (χ0) is 30.4. The summed E-state index contributed by atoms with van der Waals surface area (Å²) in [6.07, 6.45) is 2.14. The van der Waals surface area contributed by atoms with Crippen LogP contribution >= 0.6 is 23.2 Å². The summed E-state index contributed by atoms with van der Waals surface area (Å²) in [7, 11) is 1.36. The fourth-order valence-electron chi connectivity index (χ4n) is 7.86. The Morgan fingerprint density at radius 3 is 2.26 bits per heavy atom. The van der Waals surface area contributed by atoms with E-state index in [1.165, 1.54) is 18.0 Å². The van der Waals surface area contributed by atoms with Crippen molar-refractivity contribution < 1.29 is 29.0 Å². The highest BCUT2D eigenvalue weighted by Crippen LogP contribution is 2.65. The standard InChI is InChI=1S/C32H31Cl2N3O6/c1-17-15-18(3-10-24(17)38)26-21-8-9-22-25(23(21)16-31(33)29(41)35(2)30(42)32(26,31)34)28(40)37(27(22)39)20-6-4-19(5-7-20)36-11-13-43-14-12-36/h3-8,10,15,22-23,25-26,38H,9,11-14,16H2,1-2H3. The number of nitrogens with zero attached hydrogens (tertiary/aromatic N) is 3. The maximum absolute atomic E-state index is 14.2. The molecule has 0 bridgehead atoms. The van der Waals surface area contributed by atoms with Crippen LogP contribution in [-0.2, 0) is 23.9 Å². The number of alkyl halides is 2. The van der Waals surface area contributed by atoms with Gasteiger partial charge in [0.2, 0.25) is 11.8 Å². The van der Waals surface area contributed by atoms with E-state index in [-0.39, 0.29) is 30.4 Å². The number of hydrogen-bond donors (Lipinski definition) is 1. The number of aromatic hydroxyl groups is 1. The number of allylic oxidation sites excluding steroid dienone is 2. The number of hydrogen-bond acceptors (Lipinski definition) is 7. The topological polar surface area (TPSA) is 107 Å². The Morgan fingerprint density at radius 2 is 1.58 bits per heavy atom. The lowest BCUT2D eigenvalue weighted by molar-refractivity contribution is -0.138. The lowest BCUT2D eigenvalue weighted by Gasteiger charge is -2.50. The molecular weight excluding hydrogens is 593 g/mol. The number of fused-ring (bicyclic) bond motifs is 4. The number of halogens is 2. The predicted molar refractivity (Wildman–Crippen MR) is 160 cm³/mol. The second kappa shape index (κ2) is 9.81. The predicted octanol–water partition coefficient (Wildman–Crippen LogP) is 3.73. The van der Waals surface area contributed by atoms with Crippen molar-refractivity contribution in [3.8, 4) is 5.75 Å². The van der Waals surface area contributed by atoms with E-state index in [2.05, 4.69) is 4.90 Å². The largest absolute Gasteiger partial charge is 0.508 e. The highest BCUT2D eigenvalue weighted by Gasteiger charge is 2.75. The highest BCUT2D eigenvalue weighted by atomic mass is 35.5. The summed E-state index contributed by atoms with van der Waals surface area (Å²) >= 11 is 14.4. The van der Waals surface area contributed by atoms with Crippen LogP contribution in [0.15, 0.2) is 54.1 Å². The van der Waals surface area contributed by atoms with Crippen LogP contribution in [0.5, 0.6) is 5.75 Å². The Kier molecular flexibility index (Phi) is 6.47. The third-order valence-corrected chi connectivity index (χ3v) is 11.5. The van der Waals surface area contributed by atoms with Crippen LogP contribution in [0.3, 0.4) is 0 Å². The van der Waals surface area contributed by atoms with E-state index >= 15 is 0 Å². The molecule has 5 aliphatic rings. The van der Waals surface area contributed by atoms with Crippen molar-refractivity contribution in [2.75, 3.05) is 43.2 Å². The number of aryl methyl sites for hydroxylation is 1. The third kappa shape index (κ3) is 3.80. The molecule has 4 amide bonds. The minimum atomic E-state index is -1.85. The normalized spacial score (nSPS) is 33.9. The summed E-state index contributed by atoms with van der Waals surface area (Å²) in [5, 5.41) is 10.2. The van der Waals surface area contributed by atoms with E-state index in [4.69, 9.17) is 27.9 Å². The quantitative estimate of drug-likeness (QED) is 0.315. The van der Waals surface area contributed by atoms with Crippen molar-refractivity contribution in [2.24, 2.45) is 17.8 Å². The van der Waals surface area contributed by atoms with Gasteiger partial charge >= 0.3 is 0 Å². The number of ether oxygens (including phenoxy) is 1. The Labute approximate surface area is 259 Å². The highest BCUT2D eigenvalue weighted by molar-refractivity contribution is 6.53. The van der Waals surface area contributed by atoms with Gasteiger partial charge in [0.15, 0.2) is 9.75 Å². The van der Waals surface area contributed by atoms with Gasteiger partial charge in [-0.15, -0.1) is 23.2 Å². The molecule has 1 saturated carbocycles. The molecule has 7 rings (SSSR count). The van der Waals surface area contributed by atoms with Crippen molar-refractivity contribution in [1.82, 2.24) is 4.90 Å². The summed E-state index contributed by atoms with van der Waals surface area (Å²) in [5.41, 5.74) is 3.37. The molecular formula is C32H31Cl2N3O6. The van der Waals surface area contributed by atoms with Crippen LogP contribution in [0.4, 0.5) is 11.4 Å². The number of anilines is 2. The molecule has 0 spiro atoms. The zero-order valence-corrected chi connectivity index (χ0v) is 25.3. The summed E-state index contributed by atoms with van der Waals surface area (Å²) in [6, 6.07) is 12.3. The SMILES string of the molecule is Cc1cc(C2C3=CCC4C(=O)N(c5ccc(N6CCOCC6)cc5)C(=O)C4C3CC3(Cl)C(=O)N(C)C(=O)C23Cl)ccc1O. The molecule has 6 unspecified atom stereocenters. The Hall–Kier alpha value is -3.40. The van der Waals surface area contributed by atoms with Gasteiger partial charge in [-0.3, -0.25) is 29.0 Å². The molecule has 0 aromatic heterocycles. The van der Waals surface area contributed by atoms with E-state index in [1.54, 1.807) is 31.2 Å². The van der Waals surface area contributed by atoms with Gasteiger partial charge in [-0.25, -0.2) is 0 Å². The molecule has 43 heavy (non-hydrogen) atoms. The van der Waals surface area contributed by atoms with Gasteiger partial charge in [0, 0.05) is 31.7 Å². The number of carbonyl (C=O) groups excluding carboxylic acids is 4. The van der Waals surface area contributed by atoms with Crippen molar-refractivity contribution in [2.45, 2.75) is 35.4 Å². The molecule has 6 atom stereocenters. The van der Waals surface area contributed by atoms with E-state index in [1.807, 2.05) is 18.2 Å². The molecule has 11 heteroatoms. The number of phenols is 1. The molecule has 2 aliphatic carbocycles. The van der Waals surface area contributed by atoms with Gasteiger partial charge in [-0.1, -0.05) is 23.8 Å². The monoisotopic (exact) mass is 623 g/mol. The maximum Gasteiger partial charge on any atom is 0.253 e. The molecule has 9 nitrogen and oxygen atoms in total. The molecule has 224 valence electrons. The summed E-state index contributed by atoms with van der Waals surface area (Å²) in [4.78, 5) is 56.0.